The van der Waals surface area contributed by atoms with Crippen molar-refractivity contribution in [3.05, 3.63) is 24.3 Å². The van der Waals surface area contributed by atoms with Crippen LogP contribution in [0.25, 0.3) is 0 Å². The highest BCUT2D eigenvalue weighted by molar-refractivity contribution is 7.89. The second kappa shape index (κ2) is 8.89. The lowest BCUT2D eigenvalue weighted by Gasteiger charge is -2.14. The molecule has 0 aliphatic rings. The first kappa shape index (κ1) is 17.8. The van der Waals surface area contributed by atoms with Gasteiger partial charge in [0.2, 0.25) is 10.0 Å². The Bertz CT molecular complexity index is 517. The van der Waals surface area contributed by atoms with Crippen LogP contribution < -0.4 is 15.2 Å². The Morgan fingerprint density at radius 1 is 1.33 bits per heavy atom. The molecule has 21 heavy (non-hydrogen) atoms. The maximum atomic E-state index is 11.9. The first-order valence-electron chi connectivity index (χ1n) is 7.41. The molecule has 0 fully saturated rings. The molecule has 5 nitrogen and oxygen atoms in total. The van der Waals surface area contributed by atoms with E-state index in [1.165, 1.54) is 0 Å². The van der Waals surface area contributed by atoms with Gasteiger partial charge in [-0.15, -0.1) is 0 Å². The second-order valence-electron chi connectivity index (χ2n) is 5.25. The maximum Gasteiger partial charge on any atom is 0.215 e. The number of nitrogen functional groups attached to an aromatic ring is 1. The number of rotatable bonds is 10. The van der Waals surface area contributed by atoms with Crippen LogP contribution in [0.4, 0.5) is 5.69 Å². The highest BCUT2D eigenvalue weighted by atomic mass is 32.2. The number of nitrogens with two attached hydrogens (primary N) is 1. The van der Waals surface area contributed by atoms with E-state index in [1.54, 1.807) is 24.3 Å². The summed E-state index contributed by atoms with van der Waals surface area (Å²) in [6.07, 6.45) is 4.17. The van der Waals surface area contributed by atoms with Gasteiger partial charge in [0.25, 0.3) is 0 Å². The molecule has 1 unspecified atom stereocenters. The Hall–Kier alpha value is -1.27. The molecule has 0 amide bonds. The molecule has 0 spiro atoms. The summed E-state index contributed by atoms with van der Waals surface area (Å²) in [6.45, 7) is 4.13. The molecule has 1 atom stereocenters. The van der Waals surface area contributed by atoms with E-state index in [2.05, 4.69) is 11.6 Å². The molecule has 1 aromatic rings. The SMILES string of the molecule is CCCCCC(C)NS(=O)(=O)CCOc1cccc(N)c1. The van der Waals surface area contributed by atoms with Crippen molar-refractivity contribution in [1.82, 2.24) is 4.72 Å². The van der Waals surface area contributed by atoms with Gasteiger partial charge in [0.15, 0.2) is 0 Å². The van der Waals surface area contributed by atoms with E-state index in [1.807, 2.05) is 6.92 Å². The van der Waals surface area contributed by atoms with Crippen molar-refractivity contribution in [3.63, 3.8) is 0 Å². The predicted octanol–water partition coefficient (Wildman–Crippen LogP) is 2.54. The molecule has 0 radical (unpaired) electrons. The third-order valence-corrected chi connectivity index (χ3v) is 4.57. The van der Waals surface area contributed by atoms with E-state index >= 15 is 0 Å². The normalized spacial score (nSPS) is 13.0. The minimum Gasteiger partial charge on any atom is -0.492 e. The van der Waals surface area contributed by atoms with Gasteiger partial charge in [-0.25, -0.2) is 13.1 Å². The van der Waals surface area contributed by atoms with Gasteiger partial charge in [0.05, 0.1) is 5.75 Å². The molecule has 0 aliphatic heterocycles. The Morgan fingerprint density at radius 2 is 2.10 bits per heavy atom. The van der Waals surface area contributed by atoms with Crippen LogP contribution in [-0.4, -0.2) is 26.8 Å². The number of ether oxygens (including phenoxy) is 1. The molecular weight excluding hydrogens is 288 g/mol. The quantitative estimate of drug-likeness (QED) is 0.513. The van der Waals surface area contributed by atoms with Crippen LogP contribution in [0.3, 0.4) is 0 Å². The van der Waals surface area contributed by atoms with E-state index < -0.39 is 10.0 Å². The number of hydrogen-bond donors (Lipinski definition) is 2. The van der Waals surface area contributed by atoms with E-state index in [0.717, 1.165) is 25.7 Å². The van der Waals surface area contributed by atoms with Crippen molar-refractivity contribution < 1.29 is 13.2 Å². The summed E-state index contributed by atoms with van der Waals surface area (Å²) in [7, 11) is -3.30. The summed E-state index contributed by atoms with van der Waals surface area (Å²) in [5, 5.41) is 0. The molecule has 0 aromatic heterocycles. The van der Waals surface area contributed by atoms with Gasteiger partial charge < -0.3 is 10.5 Å². The summed E-state index contributed by atoms with van der Waals surface area (Å²) < 4.78 is 31.9. The molecule has 1 rings (SSSR count). The van der Waals surface area contributed by atoms with E-state index in [4.69, 9.17) is 10.5 Å². The van der Waals surface area contributed by atoms with Gasteiger partial charge in [-0.05, 0) is 25.5 Å². The Balaban J connectivity index is 2.32. The average molecular weight is 314 g/mol. The van der Waals surface area contributed by atoms with Crippen LogP contribution in [0.1, 0.15) is 39.5 Å². The van der Waals surface area contributed by atoms with Crippen LogP contribution in [0.5, 0.6) is 5.75 Å². The highest BCUT2D eigenvalue weighted by Gasteiger charge is 2.14. The first-order chi connectivity index (χ1) is 9.93. The van der Waals surface area contributed by atoms with Crippen LogP contribution in [0.15, 0.2) is 24.3 Å². The summed E-state index contributed by atoms with van der Waals surface area (Å²) in [4.78, 5) is 0. The number of nitrogens with one attached hydrogen (secondary N) is 1. The summed E-state index contributed by atoms with van der Waals surface area (Å²) in [6, 6.07) is 6.92. The standard InChI is InChI=1S/C15H26N2O3S/c1-3-4-5-7-13(2)17-21(18,19)11-10-20-15-9-6-8-14(16)12-15/h6,8-9,12-13,17H,3-5,7,10-11,16H2,1-2H3. The zero-order valence-corrected chi connectivity index (χ0v) is 13.7. The number of unbranched alkanes of at least 4 members (excludes halogenated alkanes) is 2. The summed E-state index contributed by atoms with van der Waals surface area (Å²) in [5.74, 6) is 0.529. The van der Waals surface area contributed by atoms with Gasteiger partial charge in [-0.3, -0.25) is 0 Å². The first-order valence-corrected chi connectivity index (χ1v) is 9.06. The van der Waals surface area contributed by atoms with Gasteiger partial charge in [-0.1, -0.05) is 32.3 Å². The molecule has 0 heterocycles. The lowest BCUT2D eigenvalue weighted by molar-refractivity contribution is 0.340. The molecule has 120 valence electrons. The smallest absolute Gasteiger partial charge is 0.215 e. The highest BCUT2D eigenvalue weighted by Crippen LogP contribution is 2.14. The van der Waals surface area contributed by atoms with E-state index in [9.17, 15) is 8.42 Å². The molecule has 0 aliphatic carbocycles. The van der Waals surface area contributed by atoms with Crippen LogP contribution in [0.2, 0.25) is 0 Å². The third kappa shape index (κ3) is 7.92. The zero-order chi connectivity index (χ0) is 15.7. The second-order valence-corrected chi connectivity index (χ2v) is 7.13. The monoisotopic (exact) mass is 314 g/mol. The van der Waals surface area contributed by atoms with Crippen LogP contribution in [0, 0.1) is 0 Å². The van der Waals surface area contributed by atoms with Crippen molar-refractivity contribution in [2.75, 3.05) is 18.1 Å². The summed E-state index contributed by atoms with van der Waals surface area (Å²) in [5.41, 5.74) is 6.22. The molecule has 3 N–H and O–H groups in total. The minimum atomic E-state index is -3.30. The van der Waals surface area contributed by atoms with Crippen molar-refractivity contribution in [3.8, 4) is 5.75 Å². The molecule has 0 saturated carbocycles. The zero-order valence-electron chi connectivity index (χ0n) is 12.8. The number of hydrogen-bond acceptors (Lipinski definition) is 4. The molecule has 6 heteroatoms. The largest absolute Gasteiger partial charge is 0.492 e. The van der Waals surface area contributed by atoms with Crippen LogP contribution in [-0.2, 0) is 10.0 Å². The van der Waals surface area contributed by atoms with Crippen molar-refractivity contribution in [2.24, 2.45) is 0 Å². The van der Waals surface area contributed by atoms with Gasteiger partial charge >= 0.3 is 0 Å². The van der Waals surface area contributed by atoms with Crippen molar-refractivity contribution in [1.29, 1.82) is 0 Å². The fraction of sp³-hybridized carbons (Fsp3) is 0.600. The number of benzene rings is 1. The third-order valence-electron chi connectivity index (χ3n) is 3.10. The van der Waals surface area contributed by atoms with E-state index in [-0.39, 0.29) is 18.4 Å². The molecule has 0 bridgehead atoms. The maximum absolute atomic E-state index is 11.9. The van der Waals surface area contributed by atoms with Gasteiger partial charge in [-0.2, -0.15) is 0 Å². The average Bonchev–Trinajstić information content (AvgIpc) is 2.38. The number of sulfonamides is 1. The molecule has 0 saturated heterocycles. The van der Waals surface area contributed by atoms with E-state index in [0.29, 0.717) is 11.4 Å². The predicted molar refractivity (Wildman–Crippen MR) is 86.9 cm³/mol. The number of anilines is 1. The minimum absolute atomic E-state index is 0.0334. The lowest BCUT2D eigenvalue weighted by Crippen LogP contribution is -2.35. The lowest BCUT2D eigenvalue weighted by atomic mass is 10.1. The molecular formula is C15H26N2O3S. The Kier molecular flexibility index (Phi) is 7.53. The fourth-order valence-corrected chi connectivity index (χ4v) is 3.15. The van der Waals surface area contributed by atoms with Gasteiger partial charge in [0.1, 0.15) is 12.4 Å². The molecule has 1 aromatic carbocycles. The summed E-state index contributed by atoms with van der Waals surface area (Å²) >= 11 is 0. The topological polar surface area (TPSA) is 81.4 Å². The van der Waals surface area contributed by atoms with Crippen molar-refractivity contribution >= 4 is 15.7 Å². The Morgan fingerprint density at radius 3 is 2.76 bits per heavy atom. The van der Waals surface area contributed by atoms with Crippen LogP contribution >= 0.6 is 0 Å². The van der Waals surface area contributed by atoms with Gasteiger partial charge in [0, 0.05) is 17.8 Å². The van der Waals surface area contributed by atoms with Crippen molar-refractivity contribution in [2.45, 2.75) is 45.6 Å². The Labute approximate surface area is 127 Å². The fourth-order valence-electron chi connectivity index (χ4n) is 2.00.